The average molecular weight is 354 g/mol. The maximum absolute atomic E-state index is 11.2. The van der Waals surface area contributed by atoms with Crippen molar-refractivity contribution in [2.75, 3.05) is 7.11 Å². The lowest BCUT2D eigenvalue weighted by atomic mass is 10.1. The second kappa shape index (κ2) is 15.2. The van der Waals surface area contributed by atoms with Crippen LogP contribution in [0.25, 0.3) is 0 Å². The largest absolute Gasteiger partial charge is 0.478 e. The van der Waals surface area contributed by atoms with E-state index >= 15 is 0 Å². The van der Waals surface area contributed by atoms with Gasteiger partial charge in [-0.3, -0.25) is 0 Å². The van der Waals surface area contributed by atoms with E-state index in [0.29, 0.717) is 5.57 Å². The number of aliphatic carboxylic acids is 1. The predicted molar refractivity (Wildman–Crippen MR) is 97.1 cm³/mol. The topological polar surface area (TPSA) is 89.9 Å². The summed E-state index contributed by atoms with van der Waals surface area (Å²) in [4.78, 5) is 31.7. The van der Waals surface area contributed by atoms with E-state index in [2.05, 4.69) is 24.8 Å². The molecule has 0 saturated heterocycles. The first kappa shape index (κ1) is 24.9. The van der Waals surface area contributed by atoms with Crippen LogP contribution in [0.2, 0.25) is 0 Å². The Morgan fingerprint density at radius 2 is 1.68 bits per heavy atom. The zero-order valence-corrected chi connectivity index (χ0v) is 15.7. The molecule has 0 bridgehead atoms. The molecule has 0 aliphatic carbocycles. The number of hydrogen-bond donors (Lipinski definition) is 1. The van der Waals surface area contributed by atoms with Crippen LogP contribution >= 0.6 is 0 Å². The lowest BCUT2D eigenvalue weighted by Gasteiger charge is -2.15. The van der Waals surface area contributed by atoms with Gasteiger partial charge in [0.05, 0.1) is 12.7 Å². The fourth-order valence-electron chi connectivity index (χ4n) is 1.59. The van der Waals surface area contributed by atoms with Gasteiger partial charge in [0, 0.05) is 11.6 Å². The molecule has 25 heavy (non-hydrogen) atoms. The van der Waals surface area contributed by atoms with Crippen LogP contribution in [0.3, 0.4) is 0 Å². The molecule has 1 atom stereocenters. The number of carboxylic acids is 1. The molecule has 0 heterocycles. The van der Waals surface area contributed by atoms with E-state index in [-0.39, 0.29) is 17.6 Å². The van der Waals surface area contributed by atoms with Crippen molar-refractivity contribution in [3.63, 3.8) is 0 Å². The second-order valence-electron chi connectivity index (χ2n) is 5.40. The quantitative estimate of drug-likeness (QED) is 0.278. The molecule has 0 fully saturated rings. The first-order chi connectivity index (χ1) is 11.7. The van der Waals surface area contributed by atoms with E-state index in [1.54, 1.807) is 6.92 Å². The highest BCUT2D eigenvalue weighted by Crippen LogP contribution is 2.11. The van der Waals surface area contributed by atoms with Crippen molar-refractivity contribution in [2.24, 2.45) is 0 Å². The number of hydrogen-bond acceptors (Lipinski definition) is 5. The average Bonchev–Trinajstić information content (AvgIpc) is 2.58. The highest BCUT2D eigenvalue weighted by atomic mass is 16.5. The van der Waals surface area contributed by atoms with Gasteiger partial charge in [0.25, 0.3) is 0 Å². The number of unbranched alkanes of at least 4 members (excludes halogenated alkanes) is 2. The summed E-state index contributed by atoms with van der Waals surface area (Å²) in [5.74, 6) is -2.02. The Hall–Kier alpha value is -2.37. The van der Waals surface area contributed by atoms with Gasteiger partial charge in [0.15, 0.2) is 0 Å². The first-order valence-corrected chi connectivity index (χ1v) is 8.24. The van der Waals surface area contributed by atoms with E-state index in [4.69, 9.17) is 9.84 Å². The summed E-state index contributed by atoms with van der Waals surface area (Å²) < 4.78 is 9.53. The van der Waals surface area contributed by atoms with E-state index in [9.17, 15) is 14.4 Å². The molecule has 142 valence electrons. The molecule has 0 aliphatic rings. The van der Waals surface area contributed by atoms with Gasteiger partial charge in [-0.25, -0.2) is 14.4 Å². The number of methoxy groups -OCH3 is 1. The number of carboxylic acid groups (broad SMARTS) is 1. The predicted octanol–water partition coefficient (Wildman–Crippen LogP) is 3.82. The summed E-state index contributed by atoms with van der Waals surface area (Å²) in [7, 11) is 1.20. The molecule has 6 heteroatoms. The molecule has 0 spiro atoms. The van der Waals surface area contributed by atoms with Crippen molar-refractivity contribution < 1.29 is 29.0 Å². The van der Waals surface area contributed by atoms with Gasteiger partial charge in [-0.2, -0.15) is 0 Å². The molecule has 1 unspecified atom stereocenters. The molecular weight excluding hydrogens is 324 g/mol. The Morgan fingerprint density at radius 1 is 1.08 bits per heavy atom. The fraction of sp³-hybridized carbons (Fsp3) is 0.526. The minimum absolute atomic E-state index is 0.00917. The van der Waals surface area contributed by atoms with Gasteiger partial charge in [-0.15, -0.1) is 0 Å². The first-order valence-electron chi connectivity index (χ1n) is 8.24. The molecule has 6 nitrogen and oxygen atoms in total. The fourth-order valence-corrected chi connectivity index (χ4v) is 1.59. The van der Waals surface area contributed by atoms with Crippen LogP contribution in [0.15, 0.2) is 36.5 Å². The molecule has 0 saturated carbocycles. The monoisotopic (exact) mass is 354 g/mol. The third-order valence-electron chi connectivity index (χ3n) is 3.08. The highest BCUT2D eigenvalue weighted by Gasteiger charge is 2.12. The Morgan fingerprint density at radius 3 is 2.08 bits per heavy atom. The van der Waals surface area contributed by atoms with Crippen LogP contribution in [-0.4, -0.2) is 36.2 Å². The molecule has 1 N–H and O–H groups in total. The zero-order chi connectivity index (χ0) is 19.8. The van der Waals surface area contributed by atoms with Crippen LogP contribution in [0.4, 0.5) is 0 Å². The lowest BCUT2D eigenvalue weighted by Crippen LogP contribution is -2.17. The molecule has 0 rings (SSSR count). The van der Waals surface area contributed by atoms with Gasteiger partial charge < -0.3 is 14.6 Å². The Kier molecular flexibility index (Phi) is 15.1. The van der Waals surface area contributed by atoms with Gasteiger partial charge in [-0.05, 0) is 32.3 Å². The van der Waals surface area contributed by atoms with E-state index in [1.165, 1.54) is 20.0 Å². The number of carbonyl (C=O) groups is 3. The van der Waals surface area contributed by atoms with Crippen LogP contribution in [-0.2, 0) is 23.9 Å². The molecule has 0 aromatic heterocycles. The van der Waals surface area contributed by atoms with E-state index in [0.717, 1.165) is 31.4 Å². The van der Waals surface area contributed by atoms with Crippen LogP contribution in [0.1, 0.15) is 52.9 Å². The number of rotatable bonds is 10. The minimum atomic E-state index is -1.13. The van der Waals surface area contributed by atoms with Crippen LogP contribution < -0.4 is 0 Å². The molecule has 0 aliphatic heterocycles. The maximum atomic E-state index is 11.2. The summed E-state index contributed by atoms with van der Waals surface area (Å²) in [6, 6.07) is 0. The maximum Gasteiger partial charge on any atom is 0.337 e. The summed E-state index contributed by atoms with van der Waals surface area (Å²) in [5.41, 5.74) is 0.494. The van der Waals surface area contributed by atoms with Crippen molar-refractivity contribution in [1.82, 2.24) is 0 Å². The third kappa shape index (κ3) is 14.9. The van der Waals surface area contributed by atoms with Gasteiger partial charge in [-0.1, -0.05) is 39.8 Å². The Bertz CT molecular complexity index is 490. The second-order valence-corrected chi connectivity index (χ2v) is 5.40. The van der Waals surface area contributed by atoms with Crippen molar-refractivity contribution in [2.45, 2.75) is 59.0 Å². The summed E-state index contributed by atoms with van der Waals surface area (Å²) in [5, 5.41) is 8.14. The number of carbonyl (C=O) groups excluding carboxylic acids is 2. The molecule has 0 radical (unpaired) electrons. The highest BCUT2D eigenvalue weighted by molar-refractivity contribution is 5.92. The molecule has 0 aromatic carbocycles. The summed E-state index contributed by atoms with van der Waals surface area (Å²) in [6.07, 6.45) is 7.38. The zero-order valence-electron chi connectivity index (χ0n) is 15.7. The summed E-state index contributed by atoms with van der Waals surface area (Å²) in [6.45, 7) is 12.7. The van der Waals surface area contributed by atoms with Crippen molar-refractivity contribution in [3.8, 4) is 0 Å². The van der Waals surface area contributed by atoms with E-state index in [1.807, 2.05) is 6.92 Å². The van der Waals surface area contributed by atoms with Gasteiger partial charge in [0.2, 0.25) is 0 Å². The molecule has 0 amide bonds. The number of ether oxygens (including phenoxy) is 2. The van der Waals surface area contributed by atoms with Crippen molar-refractivity contribution >= 4 is 17.9 Å². The Labute approximate surface area is 150 Å². The van der Waals surface area contributed by atoms with Crippen molar-refractivity contribution in [1.29, 1.82) is 0 Å². The normalized spacial score (nSPS) is 11.0. The smallest absolute Gasteiger partial charge is 0.337 e. The van der Waals surface area contributed by atoms with Gasteiger partial charge in [0.1, 0.15) is 6.10 Å². The molecular formula is C19H30O6. The standard InChI is InChI=1S/C12H22O2.C7H8O4/c1-5-7-8-9-11(6-2)14-12(13)10(3)4;1-5(7(10)11-2)3-4-6(8)9/h11H,3,5-9H2,1-2,4H3;3-4H,1H2,2H3,(H,8,9). The molecule has 0 aromatic rings. The van der Waals surface area contributed by atoms with Crippen LogP contribution in [0, 0.1) is 0 Å². The lowest BCUT2D eigenvalue weighted by molar-refractivity contribution is -0.144. The van der Waals surface area contributed by atoms with Crippen LogP contribution in [0.5, 0.6) is 0 Å². The van der Waals surface area contributed by atoms with E-state index < -0.39 is 11.9 Å². The Balaban J connectivity index is 0. The van der Waals surface area contributed by atoms with Gasteiger partial charge >= 0.3 is 17.9 Å². The minimum Gasteiger partial charge on any atom is -0.478 e. The SMILES string of the molecule is C=C(C)C(=O)OC(CC)CCCCC.C=C(C=CC(=O)O)C(=O)OC. The third-order valence-corrected chi connectivity index (χ3v) is 3.08. The number of esters is 2. The summed E-state index contributed by atoms with van der Waals surface area (Å²) >= 11 is 0. The van der Waals surface area contributed by atoms with Crippen molar-refractivity contribution in [3.05, 3.63) is 36.5 Å².